The van der Waals surface area contributed by atoms with Crippen molar-refractivity contribution in [2.45, 2.75) is 24.4 Å². The van der Waals surface area contributed by atoms with Crippen LogP contribution in [0, 0.1) is 5.25 Å². The molecule has 0 bridgehead atoms. The van der Waals surface area contributed by atoms with E-state index in [1.165, 1.54) is 17.8 Å². The van der Waals surface area contributed by atoms with Crippen LogP contribution in [0.25, 0.3) is 0 Å². The van der Waals surface area contributed by atoms with Crippen LogP contribution in [0.2, 0.25) is 0 Å². The fraction of sp³-hybridized carbons (Fsp3) is 0.300. The molecule has 1 aliphatic rings. The molecule has 4 heteroatoms. The lowest BCUT2D eigenvalue weighted by Crippen LogP contribution is -2.08. The highest BCUT2D eigenvalue weighted by Gasteiger charge is 2.36. The van der Waals surface area contributed by atoms with Crippen molar-refractivity contribution in [1.82, 2.24) is 0 Å². The molecule has 0 N–H and O–H groups in total. The fourth-order valence-corrected chi connectivity index (χ4v) is 2.63. The molecule has 0 saturated carbocycles. The number of alkyl halides is 3. The molecule has 0 fully saturated rings. The highest BCUT2D eigenvalue weighted by molar-refractivity contribution is 8.02. The monoisotopic (exact) mass is 217 g/mol. The summed E-state index contributed by atoms with van der Waals surface area (Å²) in [6, 6.07) is 4.36. The molecule has 0 spiro atoms. The van der Waals surface area contributed by atoms with E-state index < -0.39 is 11.7 Å². The third kappa shape index (κ3) is 1.63. The highest BCUT2D eigenvalue weighted by atomic mass is 32.2. The predicted octanol–water partition coefficient (Wildman–Crippen LogP) is 3.91. The maximum Gasteiger partial charge on any atom is 0.416 e. The van der Waals surface area contributed by atoms with Gasteiger partial charge in [0, 0.05) is 10.1 Å². The standard InChI is InChI=1S/C10H8F3S/c1-6-5-7-8(10(11,12)13)3-2-4-9(7)14-6/h2-4H,5H2,1H3. The zero-order chi connectivity index (χ0) is 10.3. The number of rotatable bonds is 0. The van der Waals surface area contributed by atoms with E-state index in [0.717, 1.165) is 16.2 Å². The second-order valence-electron chi connectivity index (χ2n) is 3.26. The molecular formula is C10H8F3S. The Balaban J connectivity index is 2.50. The van der Waals surface area contributed by atoms with Crippen molar-refractivity contribution >= 4 is 11.8 Å². The Morgan fingerprint density at radius 1 is 1.29 bits per heavy atom. The summed E-state index contributed by atoms with van der Waals surface area (Å²) in [7, 11) is 0. The summed E-state index contributed by atoms with van der Waals surface area (Å²) in [6.07, 6.45) is -3.79. The Kier molecular flexibility index (Phi) is 2.26. The van der Waals surface area contributed by atoms with E-state index in [4.69, 9.17) is 0 Å². The molecule has 0 aliphatic carbocycles. The maximum atomic E-state index is 12.6. The van der Waals surface area contributed by atoms with Gasteiger partial charge >= 0.3 is 6.18 Å². The Labute approximate surface area is 84.5 Å². The minimum absolute atomic E-state index is 0.433. The van der Waals surface area contributed by atoms with Gasteiger partial charge in [0.1, 0.15) is 0 Å². The number of hydrogen-bond donors (Lipinski definition) is 0. The second-order valence-corrected chi connectivity index (χ2v) is 4.60. The minimum atomic E-state index is -4.23. The SMILES string of the molecule is C[C]1Cc2c(cccc2C(F)(F)F)S1. The van der Waals surface area contributed by atoms with Crippen molar-refractivity contribution in [1.29, 1.82) is 0 Å². The van der Waals surface area contributed by atoms with Crippen LogP contribution in [-0.4, -0.2) is 0 Å². The van der Waals surface area contributed by atoms with E-state index >= 15 is 0 Å². The third-order valence-corrected chi connectivity index (χ3v) is 3.24. The van der Waals surface area contributed by atoms with Crippen LogP contribution in [0.15, 0.2) is 23.1 Å². The molecule has 2 rings (SSSR count). The van der Waals surface area contributed by atoms with E-state index in [0.29, 0.717) is 12.0 Å². The molecular weight excluding hydrogens is 209 g/mol. The minimum Gasteiger partial charge on any atom is -0.166 e. The number of fused-ring (bicyclic) bond motifs is 1. The van der Waals surface area contributed by atoms with Gasteiger partial charge in [-0.15, -0.1) is 11.8 Å². The van der Waals surface area contributed by atoms with Crippen LogP contribution in [-0.2, 0) is 12.6 Å². The summed E-state index contributed by atoms with van der Waals surface area (Å²) in [6.45, 7) is 1.87. The van der Waals surface area contributed by atoms with Gasteiger partial charge in [-0.05, 0) is 31.0 Å². The largest absolute Gasteiger partial charge is 0.416 e. The fourth-order valence-electron chi connectivity index (χ4n) is 1.58. The van der Waals surface area contributed by atoms with Crippen molar-refractivity contribution in [3.8, 4) is 0 Å². The molecule has 1 aromatic rings. The highest BCUT2D eigenvalue weighted by Crippen LogP contribution is 2.46. The topological polar surface area (TPSA) is 0 Å². The molecule has 14 heavy (non-hydrogen) atoms. The van der Waals surface area contributed by atoms with Crippen LogP contribution < -0.4 is 0 Å². The quantitative estimate of drug-likeness (QED) is 0.635. The number of halogens is 3. The maximum absolute atomic E-state index is 12.6. The van der Waals surface area contributed by atoms with Gasteiger partial charge in [0.05, 0.1) is 5.56 Å². The molecule has 1 aliphatic heterocycles. The van der Waals surface area contributed by atoms with Crippen molar-refractivity contribution in [2.24, 2.45) is 0 Å². The molecule has 1 heterocycles. The van der Waals surface area contributed by atoms with Gasteiger partial charge in [-0.2, -0.15) is 13.2 Å². The van der Waals surface area contributed by atoms with E-state index in [9.17, 15) is 13.2 Å². The summed E-state index contributed by atoms with van der Waals surface area (Å²) >= 11 is 1.44. The Hall–Kier alpha value is -0.640. The van der Waals surface area contributed by atoms with Crippen LogP contribution in [0.3, 0.4) is 0 Å². The van der Waals surface area contributed by atoms with Crippen LogP contribution >= 0.6 is 11.8 Å². The summed E-state index contributed by atoms with van der Waals surface area (Å²) in [5.41, 5.74) is -0.0538. The van der Waals surface area contributed by atoms with Gasteiger partial charge in [0.15, 0.2) is 0 Å². The van der Waals surface area contributed by atoms with Crippen LogP contribution in [0.5, 0.6) is 0 Å². The lowest BCUT2D eigenvalue weighted by atomic mass is 10.0. The molecule has 0 nitrogen and oxygen atoms in total. The van der Waals surface area contributed by atoms with Crippen molar-refractivity contribution < 1.29 is 13.2 Å². The molecule has 0 unspecified atom stereocenters. The van der Waals surface area contributed by atoms with E-state index in [2.05, 4.69) is 0 Å². The smallest absolute Gasteiger partial charge is 0.166 e. The van der Waals surface area contributed by atoms with Gasteiger partial charge in [-0.3, -0.25) is 0 Å². The van der Waals surface area contributed by atoms with Gasteiger partial charge in [-0.25, -0.2) is 0 Å². The third-order valence-electron chi connectivity index (χ3n) is 2.15. The molecule has 0 aromatic heterocycles. The van der Waals surface area contributed by atoms with Crippen LogP contribution in [0.1, 0.15) is 18.1 Å². The Morgan fingerprint density at radius 2 is 2.00 bits per heavy atom. The predicted molar refractivity (Wildman–Crippen MR) is 49.9 cm³/mol. The summed E-state index contributed by atoms with van der Waals surface area (Å²) in [4.78, 5) is 0.748. The van der Waals surface area contributed by atoms with Gasteiger partial charge in [0.25, 0.3) is 0 Å². The van der Waals surface area contributed by atoms with Crippen molar-refractivity contribution in [2.75, 3.05) is 0 Å². The van der Waals surface area contributed by atoms with E-state index in [1.807, 2.05) is 6.92 Å². The molecule has 1 radical (unpaired) electrons. The summed E-state index contributed by atoms with van der Waals surface area (Å²) in [5, 5.41) is 1.02. The molecule has 0 atom stereocenters. The Bertz CT molecular complexity index is 357. The van der Waals surface area contributed by atoms with Crippen molar-refractivity contribution in [3.05, 3.63) is 34.6 Å². The number of benzene rings is 1. The first-order valence-electron chi connectivity index (χ1n) is 4.18. The summed E-state index contributed by atoms with van der Waals surface area (Å²) in [5.74, 6) is 0. The average Bonchev–Trinajstić information content (AvgIpc) is 2.41. The van der Waals surface area contributed by atoms with E-state index in [1.54, 1.807) is 6.07 Å². The summed E-state index contributed by atoms with van der Waals surface area (Å²) < 4.78 is 37.7. The second kappa shape index (κ2) is 3.19. The van der Waals surface area contributed by atoms with Gasteiger partial charge in [0.2, 0.25) is 0 Å². The lowest BCUT2D eigenvalue weighted by molar-refractivity contribution is -0.138. The normalized spacial score (nSPS) is 17.1. The van der Waals surface area contributed by atoms with Gasteiger partial charge < -0.3 is 0 Å². The first-order valence-corrected chi connectivity index (χ1v) is 4.99. The van der Waals surface area contributed by atoms with Gasteiger partial charge in [-0.1, -0.05) is 6.07 Å². The zero-order valence-corrected chi connectivity index (χ0v) is 8.30. The van der Waals surface area contributed by atoms with Crippen molar-refractivity contribution in [3.63, 3.8) is 0 Å². The average molecular weight is 217 g/mol. The Morgan fingerprint density at radius 3 is 2.64 bits per heavy atom. The van der Waals surface area contributed by atoms with E-state index in [-0.39, 0.29) is 0 Å². The zero-order valence-electron chi connectivity index (χ0n) is 7.48. The molecule has 0 saturated heterocycles. The first kappa shape index (κ1) is 9.90. The number of thioether (sulfide) groups is 1. The lowest BCUT2D eigenvalue weighted by Gasteiger charge is -2.10. The first-order chi connectivity index (χ1) is 6.48. The molecule has 0 amide bonds. The number of hydrogen-bond acceptors (Lipinski definition) is 1. The molecule has 75 valence electrons. The van der Waals surface area contributed by atoms with Crippen LogP contribution in [0.4, 0.5) is 13.2 Å². The molecule has 1 aromatic carbocycles.